The molecule has 0 radical (unpaired) electrons. The molecule has 8 heteroatoms. The summed E-state index contributed by atoms with van der Waals surface area (Å²) in [4.78, 5) is 13.6. The van der Waals surface area contributed by atoms with E-state index in [1.165, 1.54) is 4.90 Å². The predicted molar refractivity (Wildman–Crippen MR) is 82.6 cm³/mol. The van der Waals surface area contributed by atoms with E-state index in [4.69, 9.17) is 0 Å². The Labute approximate surface area is 138 Å². The van der Waals surface area contributed by atoms with Gasteiger partial charge in [-0.25, -0.2) is 9.18 Å². The number of alkyl halides is 2. The summed E-state index contributed by atoms with van der Waals surface area (Å²) in [5, 5.41) is 12.4. The van der Waals surface area contributed by atoms with Crippen molar-refractivity contribution in [2.45, 2.75) is 38.4 Å². The van der Waals surface area contributed by atoms with E-state index in [0.717, 1.165) is 37.5 Å². The molecule has 0 spiro atoms. The van der Waals surface area contributed by atoms with Crippen LogP contribution in [0.2, 0.25) is 0 Å². The summed E-state index contributed by atoms with van der Waals surface area (Å²) >= 11 is 0. The molecule has 2 rings (SSSR count). The van der Waals surface area contributed by atoms with Gasteiger partial charge in [0, 0.05) is 25.6 Å². The quantitative estimate of drug-likeness (QED) is 0.858. The molecular formula is C16H21F3N2O3. The first-order valence-electron chi connectivity index (χ1n) is 7.81. The highest BCUT2D eigenvalue weighted by molar-refractivity contribution is 5.90. The average molecular weight is 346 g/mol. The number of benzene rings is 1. The molecule has 0 heterocycles. The normalized spacial score (nSPS) is 20.8. The molecule has 1 aromatic carbocycles. The molecule has 0 aliphatic heterocycles. The van der Waals surface area contributed by atoms with Crippen molar-refractivity contribution in [3.05, 3.63) is 24.0 Å². The lowest BCUT2D eigenvalue weighted by atomic mass is 9.86. The molecule has 24 heavy (non-hydrogen) atoms. The van der Waals surface area contributed by atoms with Crippen LogP contribution in [0.25, 0.3) is 0 Å². The summed E-state index contributed by atoms with van der Waals surface area (Å²) in [7, 11) is 1.55. The SMILES string of the molecule is CN(CC1CCCCC1O)C(=O)Nc1ccc(F)cc1OC(F)F. The molecule has 1 aromatic rings. The Kier molecular flexibility index (Phi) is 6.30. The van der Waals surface area contributed by atoms with Crippen molar-refractivity contribution in [2.75, 3.05) is 18.9 Å². The fraction of sp³-hybridized carbons (Fsp3) is 0.562. The second-order valence-electron chi connectivity index (χ2n) is 5.94. The molecule has 2 unspecified atom stereocenters. The highest BCUT2D eigenvalue weighted by Gasteiger charge is 2.26. The maximum absolute atomic E-state index is 13.2. The fourth-order valence-electron chi connectivity index (χ4n) is 2.84. The average Bonchev–Trinajstić information content (AvgIpc) is 2.51. The van der Waals surface area contributed by atoms with Gasteiger partial charge in [-0.05, 0) is 25.0 Å². The number of carbonyl (C=O) groups is 1. The number of halogens is 3. The van der Waals surface area contributed by atoms with Crippen molar-refractivity contribution in [1.82, 2.24) is 4.90 Å². The number of aliphatic hydroxyl groups is 1. The Morgan fingerprint density at radius 1 is 1.42 bits per heavy atom. The number of ether oxygens (including phenoxy) is 1. The van der Waals surface area contributed by atoms with Crippen LogP contribution in [0.15, 0.2) is 18.2 Å². The van der Waals surface area contributed by atoms with E-state index in [9.17, 15) is 23.1 Å². The van der Waals surface area contributed by atoms with E-state index in [-0.39, 0.29) is 11.6 Å². The van der Waals surface area contributed by atoms with Gasteiger partial charge in [0.05, 0.1) is 11.8 Å². The molecule has 1 aliphatic rings. The lowest BCUT2D eigenvalue weighted by molar-refractivity contribution is -0.0495. The van der Waals surface area contributed by atoms with E-state index >= 15 is 0 Å². The van der Waals surface area contributed by atoms with Crippen LogP contribution in [-0.2, 0) is 0 Å². The largest absolute Gasteiger partial charge is 0.432 e. The van der Waals surface area contributed by atoms with Gasteiger partial charge in [-0.2, -0.15) is 8.78 Å². The third kappa shape index (κ3) is 5.02. The molecule has 2 atom stereocenters. The highest BCUT2D eigenvalue weighted by Crippen LogP contribution is 2.28. The number of anilines is 1. The minimum atomic E-state index is -3.13. The van der Waals surface area contributed by atoms with Crippen molar-refractivity contribution >= 4 is 11.7 Å². The Morgan fingerprint density at radius 2 is 2.12 bits per heavy atom. The van der Waals surface area contributed by atoms with E-state index in [1.807, 2.05) is 0 Å². The molecule has 0 saturated heterocycles. The molecule has 5 nitrogen and oxygen atoms in total. The number of nitrogens with zero attached hydrogens (tertiary/aromatic N) is 1. The monoisotopic (exact) mass is 346 g/mol. The Bertz CT molecular complexity index is 571. The Balaban J connectivity index is 2.00. The first-order valence-corrected chi connectivity index (χ1v) is 7.81. The van der Waals surface area contributed by atoms with Crippen molar-refractivity contribution in [3.8, 4) is 5.75 Å². The minimum absolute atomic E-state index is 0.0143. The standard InChI is InChI=1S/C16H21F3N2O3/c1-21(9-10-4-2-3-5-13(10)22)16(23)20-12-7-6-11(17)8-14(12)24-15(18)19/h6-8,10,13,15,22H,2-5,9H2,1H3,(H,20,23). The molecule has 0 bridgehead atoms. The molecule has 2 amide bonds. The first kappa shape index (κ1) is 18.4. The molecular weight excluding hydrogens is 325 g/mol. The summed E-state index contributed by atoms with van der Waals surface area (Å²) in [5.41, 5.74) is -0.0438. The van der Waals surface area contributed by atoms with Crippen LogP contribution >= 0.6 is 0 Å². The van der Waals surface area contributed by atoms with Gasteiger partial charge in [0.1, 0.15) is 5.82 Å². The Morgan fingerprint density at radius 3 is 2.79 bits per heavy atom. The fourth-order valence-corrected chi connectivity index (χ4v) is 2.84. The summed E-state index contributed by atoms with van der Waals surface area (Å²) in [6, 6.07) is 2.44. The zero-order valence-electron chi connectivity index (χ0n) is 13.3. The molecule has 1 fully saturated rings. The van der Waals surface area contributed by atoms with Crippen molar-refractivity contribution in [3.63, 3.8) is 0 Å². The molecule has 1 saturated carbocycles. The molecule has 134 valence electrons. The van der Waals surface area contributed by atoms with Gasteiger partial charge in [-0.15, -0.1) is 0 Å². The number of carbonyl (C=O) groups excluding carboxylic acids is 1. The van der Waals surface area contributed by atoms with Crippen molar-refractivity contribution in [1.29, 1.82) is 0 Å². The number of hydrogen-bond acceptors (Lipinski definition) is 3. The van der Waals surface area contributed by atoms with Crippen LogP contribution in [0.4, 0.5) is 23.7 Å². The number of hydrogen-bond donors (Lipinski definition) is 2. The summed E-state index contributed by atoms with van der Waals surface area (Å²) in [6.07, 6.45) is 3.07. The smallest absolute Gasteiger partial charge is 0.387 e. The van der Waals surface area contributed by atoms with Crippen LogP contribution in [0.3, 0.4) is 0 Å². The van der Waals surface area contributed by atoms with Gasteiger partial charge < -0.3 is 20.1 Å². The second kappa shape index (κ2) is 8.23. The third-order valence-corrected chi connectivity index (χ3v) is 4.13. The Hall–Kier alpha value is -1.96. The summed E-state index contributed by atoms with van der Waals surface area (Å²) < 4.78 is 42.2. The zero-order chi connectivity index (χ0) is 17.7. The van der Waals surface area contributed by atoms with E-state index in [1.54, 1.807) is 7.05 Å². The predicted octanol–water partition coefficient (Wildman–Crippen LogP) is 3.44. The zero-order valence-corrected chi connectivity index (χ0v) is 13.3. The van der Waals surface area contributed by atoms with Gasteiger partial charge in [-0.3, -0.25) is 0 Å². The first-order chi connectivity index (χ1) is 11.4. The van der Waals surface area contributed by atoms with E-state index < -0.39 is 30.3 Å². The van der Waals surface area contributed by atoms with Crippen LogP contribution in [0.5, 0.6) is 5.75 Å². The molecule has 0 aromatic heterocycles. The van der Waals surface area contributed by atoms with E-state index in [2.05, 4.69) is 10.1 Å². The highest BCUT2D eigenvalue weighted by atomic mass is 19.3. The van der Waals surface area contributed by atoms with Crippen LogP contribution in [0, 0.1) is 11.7 Å². The van der Waals surface area contributed by atoms with Gasteiger partial charge in [0.2, 0.25) is 0 Å². The number of aliphatic hydroxyl groups excluding tert-OH is 1. The van der Waals surface area contributed by atoms with Crippen LogP contribution < -0.4 is 10.1 Å². The number of nitrogens with one attached hydrogen (secondary N) is 1. The maximum Gasteiger partial charge on any atom is 0.387 e. The number of rotatable bonds is 5. The number of amides is 2. The van der Waals surface area contributed by atoms with Gasteiger partial charge >= 0.3 is 12.6 Å². The van der Waals surface area contributed by atoms with Crippen molar-refractivity contribution < 1.29 is 27.8 Å². The lowest BCUT2D eigenvalue weighted by Gasteiger charge is -2.31. The maximum atomic E-state index is 13.2. The van der Waals surface area contributed by atoms with Gasteiger partial charge in [0.15, 0.2) is 5.75 Å². The number of urea groups is 1. The third-order valence-electron chi connectivity index (χ3n) is 4.13. The topological polar surface area (TPSA) is 61.8 Å². The summed E-state index contributed by atoms with van der Waals surface area (Å²) in [6.45, 7) is -2.78. The van der Waals surface area contributed by atoms with E-state index in [0.29, 0.717) is 13.0 Å². The van der Waals surface area contributed by atoms with Crippen LogP contribution in [-0.4, -0.2) is 42.3 Å². The lowest BCUT2D eigenvalue weighted by Crippen LogP contribution is -2.40. The molecule has 2 N–H and O–H groups in total. The molecule has 1 aliphatic carbocycles. The van der Waals surface area contributed by atoms with Crippen molar-refractivity contribution in [2.24, 2.45) is 5.92 Å². The second-order valence-corrected chi connectivity index (χ2v) is 5.94. The van der Waals surface area contributed by atoms with Gasteiger partial charge in [-0.1, -0.05) is 12.8 Å². The van der Waals surface area contributed by atoms with Gasteiger partial charge in [0.25, 0.3) is 0 Å². The minimum Gasteiger partial charge on any atom is -0.432 e. The van der Waals surface area contributed by atoms with Crippen LogP contribution in [0.1, 0.15) is 25.7 Å². The summed E-state index contributed by atoms with van der Waals surface area (Å²) in [5.74, 6) is -1.20.